The first-order chi connectivity index (χ1) is 11.6. The quantitative estimate of drug-likeness (QED) is 0.855. The first kappa shape index (κ1) is 15.9. The highest BCUT2D eigenvalue weighted by atomic mass is 19.1. The Morgan fingerprint density at radius 2 is 2.17 bits per heavy atom. The molecular weight excluding hydrogens is 303 g/mol. The van der Waals surface area contributed by atoms with Crippen molar-refractivity contribution in [3.8, 4) is 0 Å². The predicted octanol–water partition coefficient (Wildman–Crippen LogP) is 3.67. The van der Waals surface area contributed by atoms with E-state index < -0.39 is 0 Å². The lowest BCUT2D eigenvalue weighted by molar-refractivity contribution is -0.112. The third-order valence-electron chi connectivity index (χ3n) is 3.82. The van der Waals surface area contributed by atoms with Gasteiger partial charge in [0.15, 0.2) is 5.78 Å². The van der Waals surface area contributed by atoms with Crippen molar-refractivity contribution in [2.24, 2.45) is 0 Å². The summed E-state index contributed by atoms with van der Waals surface area (Å²) in [6.45, 7) is 3.88. The van der Waals surface area contributed by atoms with Gasteiger partial charge < -0.3 is 5.32 Å². The van der Waals surface area contributed by atoms with E-state index >= 15 is 0 Å². The zero-order valence-electron chi connectivity index (χ0n) is 13.1. The number of dihydropyridines is 1. The lowest BCUT2D eigenvalue weighted by Gasteiger charge is -2.19. The summed E-state index contributed by atoms with van der Waals surface area (Å²) in [5.74, 6) is -0.390. The van der Waals surface area contributed by atoms with Gasteiger partial charge in [0.05, 0.1) is 6.04 Å². The van der Waals surface area contributed by atoms with Crippen LogP contribution >= 0.6 is 0 Å². The second kappa shape index (κ2) is 7.04. The Morgan fingerprint density at radius 3 is 2.83 bits per heavy atom. The Kier molecular flexibility index (Phi) is 4.66. The molecule has 1 aromatic carbocycles. The molecule has 3 rings (SSSR count). The van der Waals surface area contributed by atoms with E-state index in [-0.39, 0.29) is 17.6 Å². The molecule has 2 aromatic rings. The van der Waals surface area contributed by atoms with E-state index in [4.69, 9.17) is 0 Å². The molecule has 2 heterocycles. The van der Waals surface area contributed by atoms with Gasteiger partial charge in [0.25, 0.3) is 0 Å². The predicted molar refractivity (Wildman–Crippen MR) is 91.6 cm³/mol. The molecule has 0 amide bonds. The van der Waals surface area contributed by atoms with Crippen LogP contribution in [0.4, 0.5) is 4.39 Å². The van der Waals surface area contributed by atoms with Crippen molar-refractivity contribution in [2.75, 3.05) is 0 Å². The number of nitrogens with one attached hydrogen (secondary N) is 1. The second-order valence-corrected chi connectivity index (χ2v) is 5.63. The molecule has 4 heteroatoms. The molecule has 1 N–H and O–H groups in total. The van der Waals surface area contributed by atoms with Gasteiger partial charge in [-0.2, -0.15) is 0 Å². The Balaban J connectivity index is 1.65. The third-order valence-corrected chi connectivity index (χ3v) is 3.82. The van der Waals surface area contributed by atoms with Crippen molar-refractivity contribution in [1.29, 1.82) is 0 Å². The minimum atomic E-state index is -0.279. The number of benzene rings is 1. The van der Waals surface area contributed by atoms with Gasteiger partial charge in [-0.1, -0.05) is 36.9 Å². The lowest BCUT2D eigenvalue weighted by atomic mass is 9.96. The third kappa shape index (κ3) is 3.66. The molecule has 0 radical (unpaired) electrons. The van der Waals surface area contributed by atoms with Crippen molar-refractivity contribution in [3.05, 3.63) is 102 Å². The van der Waals surface area contributed by atoms with Gasteiger partial charge in [0, 0.05) is 30.6 Å². The van der Waals surface area contributed by atoms with Crippen molar-refractivity contribution in [2.45, 2.75) is 12.5 Å². The van der Waals surface area contributed by atoms with Crippen LogP contribution < -0.4 is 5.32 Å². The van der Waals surface area contributed by atoms with Gasteiger partial charge in [-0.05, 0) is 34.9 Å². The smallest absolute Gasteiger partial charge is 0.190 e. The van der Waals surface area contributed by atoms with Gasteiger partial charge in [0.2, 0.25) is 0 Å². The fourth-order valence-corrected chi connectivity index (χ4v) is 2.57. The number of ketones is 1. The molecule has 0 fully saturated rings. The van der Waals surface area contributed by atoms with Crippen LogP contribution in [-0.4, -0.2) is 10.8 Å². The zero-order chi connectivity index (χ0) is 16.9. The fourth-order valence-electron chi connectivity index (χ4n) is 2.57. The monoisotopic (exact) mass is 320 g/mol. The van der Waals surface area contributed by atoms with Crippen molar-refractivity contribution < 1.29 is 9.18 Å². The van der Waals surface area contributed by atoms with Crippen LogP contribution in [0.15, 0.2) is 84.9 Å². The molecule has 1 unspecified atom stereocenters. The Morgan fingerprint density at radius 1 is 1.29 bits per heavy atom. The number of nitrogens with zero attached hydrogens (tertiary/aromatic N) is 1. The van der Waals surface area contributed by atoms with Crippen LogP contribution in [0.3, 0.4) is 0 Å². The highest BCUT2D eigenvalue weighted by molar-refractivity contribution is 6.10. The van der Waals surface area contributed by atoms with Crippen molar-refractivity contribution in [1.82, 2.24) is 10.3 Å². The summed E-state index contributed by atoms with van der Waals surface area (Å²) in [5, 5.41) is 3.12. The molecule has 1 atom stereocenters. The average molecular weight is 320 g/mol. The minimum absolute atomic E-state index is 0.111. The molecule has 0 bridgehead atoms. The summed E-state index contributed by atoms with van der Waals surface area (Å²) in [7, 11) is 0. The van der Waals surface area contributed by atoms with Crippen LogP contribution in [0.2, 0.25) is 0 Å². The maximum Gasteiger partial charge on any atom is 0.190 e. The summed E-state index contributed by atoms with van der Waals surface area (Å²) in [6, 6.07) is 9.98. The number of carbonyl (C=O) groups is 1. The molecule has 3 nitrogen and oxygen atoms in total. The van der Waals surface area contributed by atoms with Crippen LogP contribution in [0, 0.1) is 5.82 Å². The fraction of sp³-hybridized carbons (Fsp3) is 0.100. The highest BCUT2D eigenvalue weighted by Crippen LogP contribution is 2.21. The molecule has 1 aliphatic heterocycles. The SMILES string of the molecule is C=C(Cc1cccnc1)C(=O)C1=CNC(c2cccc(F)c2)C=C1. The van der Waals surface area contributed by atoms with Gasteiger partial charge >= 0.3 is 0 Å². The number of rotatable bonds is 5. The number of Topliss-reactive ketones (excluding diaryl/α,β-unsaturated/α-hetero) is 1. The van der Waals surface area contributed by atoms with E-state index in [1.807, 2.05) is 24.3 Å². The maximum atomic E-state index is 13.3. The molecule has 1 aliphatic rings. The number of halogens is 1. The van der Waals surface area contributed by atoms with Gasteiger partial charge in [-0.3, -0.25) is 9.78 Å². The normalized spacial score (nSPS) is 16.2. The Hall–Kier alpha value is -3.01. The first-order valence-electron chi connectivity index (χ1n) is 7.65. The average Bonchev–Trinajstić information content (AvgIpc) is 2.62. The standard InChI is InChI=1S/C20H17FN2O/c1-14(10-15-4-3-9-22-12-15)20(24)17-7-8-19(23-13-17)16-5-2-6-18(21)11-16/h2-9,11-13,19,23H,1,10H2. The van der Waals surface area contributed by atoms with E-state index in [1.165, 1.54) is 12.1 Å². The van der Waals surface area contributed by atoms with E-state index in [1.54, 1.807) is 30.7 Å². The molecule has 1 aromatic heterocycles. The van der Waals surface area contributed by atoms with Crippen LogP contribution in [0.1, 0.15) is 17.2 Å². The number of pyridine rings is 1. The Labute approximate surface area is 140 Å². The van der Waals surface area contributed by atoms with Crippen LogP contribution in [0.25, 0.3) is 0 Å². The first-order valence-corrected chi connectivity index (χ1v) is 7.65. The molecule has 0 saturated heterocycles. The van der Waals surface area contributed by atoms with Crippen molar-refractivity contribution in [3.63, 3.8) is 0 Å². The van der Waals surface area contributed by atoms with E-state index in [9.17, 15) is 9.18 Å². The number of allylic oxidation sites excluding steroid dienone is 3. The summed E-state index contributed by atoms with van der Waals surface area (Å²) >= 11 is 0. The number of hydrogen-bond donors (Lipinski definition) is 1. The van der Waals surface area contributed by atoms with E-state index in [2.05, 4.69) is 16.9 Å². The maximum absolute atomic E-state index is 13.3. The molecule has 0 aliphatic carbocycles. The van der Waals surface area contributed by atoms with Gasteiger partial charge in [0.1, 0.15) is 5.82 Å². The van der Waals surface area contributed by atoms with Gasteiger partial charge in [-0.25, -0.2) is 4.39 Å². The van der Waals surface area contributed by atoms with Crippen LogP contribution in [0.5, 0.6) is 0 Å². The number of carbonyl (C=O) groups excluding carboxylic acids is 1. The zero-order valence-corrected chi connectivity index (χ0v) is 13.1. The summed E-state index contributed by atoms with van der Waals surface area (Å²) in [5.41, 5.74) is 2.80. The van der Waals surface area contributed by atoms with E-state index in [0.29, 0.717) is 17.6 Å². The largest absolute Gasteiger partial charge is 0.380 e. The topological polar surface area (TPSA) is 42.0 Å². The summed E-state index contributed by atoms with van der Waals surface area (Å²) in [6.07, 6.45) is 9.14. The highest BCUT2D eigenvalue weighted by Gasteiger charge is 2.17. The molecular formula is C20H17FN2O. The van der Waals surface area contributed by atoms with E-state index in [0.717, 1.165) is 11.1 Å². The number of hydrogen-bond acceptors (Lipinski definition) is 3. The van der Waals surface area contributed by atoms with Crippen LogP contribution in [-0.2, 0) is 11.2 Å². The molecule has 0 saturated carbocycles. The minimum Gasteiger partial charge on any atom is -0.380 e. The van der Waals surface area contributed by atoms with Gasteiger partial charge in [-0.15, -0.1) is 0 Å². The summed E-state index contributed by atoms with van der Waals surface area (Å²) < 4.78 is 13.3. The summed E-state index contributed by atoms with van der Waals surface area (Å²) in [4.78, 5) is 16.5. The number of aromatic nitrogens is 1. The van der Waals surface area contributed by atoms with Crippen molar-refractivity contribution >= 4 is 5.78 Å². The molecule has 24 heavy (non-hydrogen) atoms. The molecule has 120 valence electrons. The second-order valence-electron chi connectivity index (χ2n) is 5.63. The lowest BCUT2D eigenvalue weighted by Crippen LogP contribution is -2.20. The Bertz CT molecular complexity index is 825. The molecule has 0 spiro atoms.